The zero-order valence-corrected chi connectivity index (χ0v) is 27.8. The van der Waals surface area contributed by atoms with Gasteiger partial charge in [0.25, 0.3) is 0 Å². The summed E-state index contributed by atoms with van der Waals surface area (Å²) in [5.74, 6) is 0. The van der Waals surface area contributed by atoms with Gasteiger partial charge in [0.05, 0.1) is 0 Å². The van der Waals surface area contributed by atoms with Crippen LogP contribution < -0.4 is 10.6 Å². The van der Waals surface area contributed by atoms with Crippen LogP contribution in [-0.2, 0) is 19.5 Å². The van der Waals surface area contributed by atoms with E-state index in [0.717, 1.165) is 22.6 Å². The molecule has 0 amide bonds. The largest absolute Gasteiger partial charge is 1.00 e. The van der Waals surface area contributed by atoms with E-state index in [1.54, 1.807) is 10.6 Å². The van der Waals surface area contributed by atoms with Crippen molar-refractivity contribution in [1.82, 2.24) is 0 Å². The molecule has 2 aliphatic heterocycles. The second-order valence-corrected chi connectivity index (χ2v) is 16.8. The minimum absolute atomic E-state index is 0. The second-order valence-electron chi connectivity index (χ2n) is 10.6. The molecule has 40 heavy (non-hydrogen) atoms. The molecule has 8 heteroatoms. The van der Waals surface area contributed by atoms with Crippen LogP contribution in [0.5, 0.6) is 0 Å². The maximum absolute atomic E-state index is 9.75. The monoisotopic (exact) mass is 682 g/mol. The van der Waals surface area contributed by atoms with Gasteiger partial charge in [0, 0.05) is 0 Å². The molecule has 0 N–H and O–H groups in total. The molecule has 5 rings (SSSR count). The summed E-state index contributed by atoms with van der Waals surface area (Å²) in [6.07, 6.45) is 19.7. The molecule has 2 aromatic carbocycles. The van der Waals surface area contributed by atoms with Gasteiger partial charge in [-0.25, -0.2) is 0 Å². The van der Waals surface area contributed by atoms with Crippen molar-refractivity contribution in [3.8, 4) is 0 Å². The summed E-state index contributed by atoms with van der Waals surface area (Å²) in [6, 6.07) is 22.2. The number of hydrogen-bond acceptors (Lipinski definition) is 0. The SMILES string of the molecule is C1=C\CC/C=C\CC/1.C[C@H]1CC[C@H](C)P1c1ccccc1.C[C@H]1CC[C@H](C)P1c1ccccc1.F[B-](F)(F)F.[Rh+]. The van der Waals surface area contributed by atoms with Crippen molar-refractivity contribution in [1.29, 1.82) is 0 Å². The molecule has 1 aliphatic carbocycles. The van der Waals surface area contributed by atoms with E-state index in [2.05, 4.69) is 113 Å². The van der Waals surface area contributed by atoms with E-state index in [1.165, 1.54) is 51.4 Å². The standard InChI is InChI=1S/2C12H17P.C8H12.BF4.Rh/c2*1-10-8-9-11(2)13(10)12-6-4-3-5-7-12;1-2-4-6-8-7-5-3-1;2-1(3,4)5;/h2*3-7,10-11H,8-9H2,1-2H3;1-2,7-8H,3-6H2;;/q;;;-1;+1/b;;2-1-,8-7-;;/t2*10-,11-;;;/m00.../s1. The van der Waals surface area contributed by atoms with Crippen LogP contribution in [0.3, 0.4) is 0 Å². The Bertz CT molecular complexity index is 860. The van der Waals surface area contributed by atoms with Crippen LogP contribution in [0.25, 0.3) is 0 Å². The van der Waals surface area contributed by atoms with Crippen LogP contribution >= 0.6 is 15.8 Å². The van der Waals surface area contributed by atoms with Crippen molar-refractivity contribution in [2.75, 3.05) is 0 Å². The number of allylic oxidation sites excluding steroid dienone is 4. The zero-order chi connectivity index (χ0) is 28.7. The molecule has 3 aliphatic rings. The fraction of sp³-hybridized carbons (Fsp3) is 0.500. The predicted molar refractivity (Wildman–Crippen MR) is 169 cm³/mol. The molecule has 224 valence electrons. The molecular weight excluding hydrogens is 636 g/mol. The van der Waals surface area contributed by atoms with E-state index < -0.39 is 7.25 Å². The molecule has 0 nitrogen and oxygen atoms in total. The molecule has 2 aromatic rings. The summed E-state index contributed by atoms with van der Waals surface area (Å²) in [6.45, 7) is 9.68. The summed E-state index contributed by atoms with van der Waals surface area (Å²) in [5, 5.41) is 3.21. The van der Waals surface area contributed by atoms with Gasteiger partial charge in [-0.2, -0.15) is 0 Å². The number of hydrogen-bond donors (Lipinski definition) is 0. The van der Waals surface area contributed by atoms with Crippen LogP contribution in [0.1, 0.15) is 79.1 Å². The van der Waals surface area contributed by atoms with E-state index in [1.807, 2.05) is 0 Å². The van der Waals surface area contributed by atoms with E-state index in [-0.39, 0.29) is 35.3 Å². The molecule has 0 spiro atoms. The van der Waals surface area contributed by atoms with Crippen molar-refractivity contribution in [2.24, 2.45) is 0 Å². The smallest absolute Gasteiger partial charge is 0.418 e. The van der Waals surface area contributed by atoms with Crippen molar-refractivity contribution < 1.29 is 36.7 Å². The summed E-state index contributed by atoms with van der Waals surface area (Å²) in [7, 11) is -5.73. The molecule has 2 saturated heterocycles. The van der Waals surface area contributed by atoms with E-state index in [9.17, 15) is 17.3 Å². The summed E-state index contributed by atoms with van der Waals surface area (Å²) in [4.78, 5) is 0. The molecule has 0 unspecified atom stereocenters. The summed E-state index contributed by atoms with van der Waals surface area (Å²) in [5.41, 5.74) is 3.75. The topological polar surface area (TPSA) is 0 Å². The quantitative estimate of drug-likeness (QED) is 0.128. The Morgan fingerprint density at radius 1 is 0.500 bits per heavy atom. The fourth-order valence-corrected chi connectivity index (χ4v) is 12.0. The minimum Gasteiger partial charge on any atom is -0.418 e. The summed E-state index contributed by atoms with van der Waals surface area (Å²) >= 11 is 0. The van der Waals surface area contributed by atoms with Gasteiger partial charge in [0.15, 0.2) is 0 Å². The third-order valence-electron chi connectivity index (χ3n) is 7.35. The van der Waals surface area contributed by atoms with E-state index >= 15 is 0 Å². The van der Waals surface area contributed by atoms with E-state index in [4.69, 9.17) is 0 Å². The van der Waals surface area contributed by atoms with Crippen molar-refractivity contribution in [2.45, 2.75) is 102 Å². The third-order valence-corrected chi connectivity index (χ3v) is 14.0. The Hall–Kier alpha value is -0.812. The Balaban J connectivity index is 0.000000280. The molecule has 0 saturated carbocycles. The van der Waals surface area contributed by atoms with Gasteiger partial charge in [-0.3, -0.25) is 0 Å². The zero-order valence-electron chi connectivity index (χ0n) is 24.4. The van der Waals surface area contributed by atoms with Crippen LogP contribution in [0, 0.1) is 0 Å². The predicted octanol–water partition coefficient (Wildman–Crippen LogP) is 10.7. The van der Waals surface area contributed by atoms with Gasteiger partial charge >= 0.3 is 26.7 Å². The van der Waals surface area contributed by atoms with Gasteiger partial charge in [0.1, 0.15) is 0 Å². The summed E-state index contributed by atoms with van der Waals surface area (Å²) < 4.78 is 39.0. The first-order chi connectivity index (χ1) is 18.6. The van der Waals surface area contributed by atoms with Crippen LogP contribution in [0.4, 0.5) is 17.3 Å². The molecule has 2 fully saturated rings. The van der Waals surface area contributed by atoms with Crippen LogP contribution in [0.15, 0.2) is 85.0 Å². The van der Waals surface area contributed by atoms with Crippen molar-refractivity contribution >= 4 is 33.7 Å². The van der Waals surface area contributed by atoms with Gasteiger partial charge in [-0.15, -0.1) is 0 Å². The van der Waals surface area contributed by atoms with Gasteiger partial charge < -0.3 is 17.3 Å². The first-order valence-electron chi connectivity index (χ1n) is 14.4. The average Bonchev–Trinajstić information content (AvgIpc) is 3.39. The average molecular weight is 682 g/mol. The van der Waals surface area contributed by atoms with E-state index in [0.29, 0.717) is 0 Å². The van der Waals surface area contributed by atoms with Crippen molar-refractivity contribution in [3.63, 3.8) is 0 Å². The normalized spacial score (nSPS) is 26.2. The Kier molecular flexibility index (Phi) is 18.8. The Morgan fingerprint density at radius 3 is 0.950 bits per heavy atom. The number of benzene rings is 2. The van der Waals surface area contributed by atoms with Crippen molar-refractivity contribution in [3.05, 3.63) is 85.0 Å². The van der Waals surface area contributed by atoms with Crippen LogP contribution in [0.2, 0.25) is 0 Å². The molecule has 2 heterocycles. The molecule has 0 bridgehead atoms. The van der Waals surface area contributed by atoms with Gasteiger partial charge in [-0.05, 0) is 84.6 Å². The fourth-order valence-electron chi connectivity index (χ4n) is 5.46. The molecule has 0 radical (unpaired) electrons. The number of halogens is 4. The van der Waals surface area contributed by atoms with Gasteiger partial charge in [-0.1, -0.05) is 129 Å². The maximum Gasteiger partial charge on any atom is 1.00 e. The first-order valence-corrected chi connectivity index (χ1v) is 17.4. The molecular formula is C32H46BF4P2Rh. The minimum atomic E-state index is -6.00. The maximum atomic E-state index is 9.75. The Labute approximate surface area is 256 Å². The molecule has 4 atom stereocenters. The molecule has 0 aromatic heterocycles. The van der Waals surface area contributed by atoms with Gasteiger partial charge in [0.2, 0.25) is 0 Å². The van der Waals surface area contributed by atoms with Crippen LogP contribution in [-0.4, -0.2) is 29.9 Å². The Morgan fingerprint density at radius 2 is 0.725 bits per heavy atom. The number of rotatable bonds is 2. The third kappa shape index (κ3) is 14.9. The second kappa shape index (κ2) is 20.2. The first kappa shape index (κ1) is 37.2.